The first kappa shape index (κ1) is 20.7. The Hall–Kier alpha value is -2.91. The van der Waals surface area contributed by atoms with Crippen LogP contribution in [0.5, 0.6) is 5.75 Å². The fourth-order valence-corrected chi connectivity index (χ4v) is 5.44. The molecule has 9 nitrogen and oxygen atoms in total. The first-order valence-electron chi connectivity index (χ1n) is 11.8. The van der Waals surface area contributed by atoms with Crippen LogP contribution in [-0.2, 0) is 16.6 Å². The van der Waals surface area contributed by atoms with Crippen LogP contribution in [0.3, 0.4) is 0 Å². The number of likely N-dealkylation sites (N-methyl/N-ethyl adjacent to an activating group) is 1. The SMILES string of the molecule is CN1CC2(CCOCC2)[C@H]1COc1cnn(C)c1-c1ccn2nc(NC(=O)C3CC3)cc2c1. The Morgan fingerprint density at radius 1 is 1.27 bits per heavy atom. The minimum atomic E-state index is 0.0595. The molecule has 0 radical (unpaired) electrons. The van der Waals surface area contributed by atoms with Crippen LogP contribution in [0.15, 0.2) is 30.6 Å². The first-order chi connectivity index (χ1) is 16.0. The van der Waals surface area contributed by atoms with Gasteiger partial charge in [0.1, 0.15) is 12.3 Å². The number of pyridine rings is 1. The topological polar surface area (TPSA) is 85.9 Å². The second-order valence-corrected chi connectivity index (χ2v) is 9.78. The molecule has 2 aliphatic heterocycles. The van der Waals surface area contributed by atoms with Crippen LogP contribution < -0.4 is 10.1 Å². The van der Waals surface area contributed by atoms with E-state index < -0.39 is 0 Å². The minimum absolute atomic E-state index is 0.0595. The van der Waals surface area contributed by atoms with Crippen molar-refractivity contribution in [3.63, 3.8) is 0 Å². The van der Waals surface area contributed by atoms with E-state index in [0.717, 1.165) is 68.0 Å². The van der Waals surface area contributed by atoms with E-state index in [2.05, 4.69) is 33.5 Å². The minimum Gasteiger partial charge on any atom is -0.488 e. The third-order valence-electron chi connectivity index (χ3n) is 7.53. The molecule has 0 aromatic carbocycles. The van der Waals surface area contributed by atoms with Gasteiger partial charge in [-0.3, -0.25) is 14.4 Å². The molecule has 3 fully saturated rings. The van der Waals surface area contributed by atoms with E-state index in [1.54, 1.807) is 10.7 Å². The van der Waals surface area contributed by atoms with Gasteiger partial charge >= 0.3 is 0 Å². The molecule has 1 N–H and O–H groups in total. The highest BCUT2D eigenvalue weighted by Crippen LogP contribution is 2.45. The van der Waals surface area contributed by atoms with Gasteiger partial charge in [-0.15, -0.1) is 0 Å². The molecule has 1 aliphatic carbocycles. The van der Waals surface area contributed by atoms with Gasteiger partial charge in [-0.05, 0) is 44.9 Å². The maximum Gasteiger partial charge on any atom is 0.228 e. The standard InChI is InChI=1S/C24H30N6O3/c1-28-15-24(6-9-32-10-7-24)20(28)14-33-19-13-25-29(2)22(19)17-5-8-30-18(11-17)12-21(27-30)26-23(31)16-3-4-16/h5,8,11-13,16,20H,3-4,6-7,9-10,14-15H2,1-2H3,(H,26,27,31)/t20-/m1/s1. The van der Waals surface area contributed by atoms with E-state index in [9.17, 15) is 4.79 Å². The van der Waals surface area contributed by atoms with Crippen LogP contribution >= 0.6 is 0 Å². The lowest BCUT2D eigenvalue weighted by Gasteiger charge is -2.57. The van der Waals surface area contributed by atoms with E-state index >= 15 is 0 Å². The molecular weight excluding hydrogens is 420 g/mol. The number of hydrogen-bond donors (Lipinski definition) is 1. The lowest BCUT2D eigenvalue weighted by Crippen LogP contribution is -2.66. The summed E-state index contributed by atoms with van der Waals surface area (Å²) in [4.78, 5) is 14.5. The van der Waals surface area contributed by atoms with Gasteiger partial charge in [-0.1, -0.05) is 0 Å². The van der Waals surface area contributed by atoms with Crippen LogP contribution in [-0.4, -0.2) is 69.7 Å². The molecule has 2 saturated heterocycles. The monoisotopic (exact) mass is 450 g/mol. The number of nitrogens with zero attached hydrogens (tertiary/aromatic N) is 5. The van der Waals surface area contributed by atoms with E-state index in [4.69, 9.17) is 9.47 Å². The number of anilines is 1. The van der Waals surface area contributed by atoms with E-state index in [-0.39, 0.29) is 11.8 Å². The maximum atomic E-state index is 12.1. The number of fused-ring (bicyclic) bond motifs is 1. The van der Waals surface area contributed by atoms with Gasteiger partial charge < -0.3 is 14.8 Å². The third kappa shape index (κ3) is 3.69. The molecule has 3 aliphatic rings. The average molecular weight is 451 g/mol. The number of carbonyl (C=O) groups excluding carboxylic acids is 1. The Morgan fingerprint density at radius 2 is 2.09 bits per heavy atom. The molecule has 1 spiro atoms. The molecule has 33 heavy (non-hydrogen) atoms. The van der Waals surface area contributed by atoms with Gasteiger partial charge in [0.25, 0.3) is 0 Å². The van der Waals surface area contributed by atoms with Crippen molar-refractivity contribution < 1.29 is 14.3 Å². The zero-order chi connectivity index (χ0) is 22.6. The summed E-state index contributed by atoms with van der Waals surface area (Å²) in [6.07, 6.45) is 7.85. The van der Waals surface area contributed by atoms with Crippen LogP contribution in [0.25, 0.3) is 16.8 Å². The molecule has 1 saturated carbocycles. The van der Waals surface area contributed by atoms with E-state index in [1.807, 2.05) is 30.1 Å². The molecule has 3 aromatic rings. The Labute approximate surface area is 192 Å². The number of likely N-dealkylation sites (tertiary alicyclic amines) is 1. The highest BCUT2D eigenvalue weighted by Gasteiger charge is 2.51. The van der Waals surface area contributed by atoms with Gasteiger partial charge in [0, 0.05) is 56.0 Å². The zero-order valence-electron chi connectivity index (χ0n) is 19.2. The molecule has 1 amide bonds. The van der Waals surface area contributed by atoms with Crippen molar-refractivity contribution in [1.29, 1.82) is 0 Å². The van der Waals surface area contributed by atoms with Crippen LogP contribution in [0.1, 0.15) is 25.7 Å². The lowest BCUT2D eigenvalue weighted by molar-refractivity contribution is -0.132. The van der Waals surface area contributed by atoms with Gasteiger partial charge in [0.05, 0.1) is 17.8 Å². The number of aryl methyl sites for hydroxylation is 1. The van der Waals surface area contributed by atoms with Crippen LogP contribution in [0.2, 0.25) is 0 Å². The number of carbonyl (C=O) groups is 1. The lowest BCUT2D eigenvalue weighted by atomic mass is 9.67. The molecule has 0 unspecified atom stereocenters. The van der Waals surface area contributed by atoms with Crippen LogP contribution in [0.4, 0.5) is 5.82 Å². The molecule has 6 rings (SSSR count). The number of nitrogens with one attached hydrogen (secondary N) is 1. The number of rotatable bonds is 6. The number of amides is 1. The second-order valence-electron chi connectivity index (χ2n) is 9.78. The maximum absolute atomic E-state index is 12.1. The molecule has 174 valence electrons. The summed E-state index contributed by atoms with van der Waals surface area (Å²) in [5.41, 5.74) is 3.16. The Morgan fingerprint density at radius 3 is 2.85 bits per heavy atom. The van der Waals surface area contributed by atoms with Gasteiger partial charge in [-0.25, -0.2) is 4.52 Å². The molecule has 0 bridgehead atoms. The summed E-state index contributed by atoms with van der Waals surface area (Å²) in [6, 6.07) is 6.36. The van der Waals surface area contributed by atoms with Crippen molar-refractivity contribution in [2.24, 2.45) is 18.4 Å². The molecular formula is C24H30N6O3. The van der Waals surface area contributed by atoms with Crippen molar-refractivity contribution in [2.75, 3.05) is 38.7 Å². The number of ether oxygens (including phenoxy) is 2. The summed E-state index contributed by atoms with van der Waals surface area (Å²) in [7, 11) is 4.10. The highest BCUT2D eigenvalue weighted by atomic mass is 16.5. The van der Waals surface area contributed by atoms with E-state index in [1.165, 1.54) is 0 Å². The first-order valence-corrected chi connectivity index (χ1v) is 11.8. The third-order valence-corrected chi connectivity index (χ3v) is 7.53. The normalized spacial score (nSPS) is 22.4. The van der Waals surface area contributed by atoms with Crippen molar-refractivity contribution in [1.82, 2.24) is 24.3 Å². The number of hydrogen-bond acceptors (Lipinski definition) is 6. The highest BCUT2D eigenvalue weighted by molar-refractivity contribution is 5.93. The van der Waals surface area contributed by atoms with Gasteiger partial charge in [-0.2, -0.15) is 10.2 Å². The predicted octanol–water partition coefficient (Wildman–Crippen LogP) is 2.57. The summed E-state index contributed by atoms with van der Waals surface area (Å²) in [5.74, 6) is 1.57. The summed E-state index contributed by atoms with van der Waals surface area (Å²) >= 11 is 0. The van der Waals surface area contributed by atoms with Crippen LogP contribution in [0, 0.1) is 11.3 Å². The Kier molecular flexibility index (Phi) is 4.92. The van der Waals surface area contributed by atoms with E-state index in [0.29, 0.717) is 23.9 Å². The fraction of sp³-hybridized carbons (Fsp3) is 0.542. The van der Waals surface area contributed by atoms with Gasteiger partial charge in [0.15, 0.2) is 11.6 Å². The summed E-state index contributed by atoms with van der Waals surface area (Å²) in [5, 5.41) is 11.9. The predicted molar refractivity (Wildman–Crippen MR) is 123 cm³/mol. The smallest absolute Gasteiger partial charge is 0.228 e. The van der Waals surface area contributed by atoms with Crippen molar-refractivity contribution in [3.05, 3.63) is 30.6 Å². The molecule has 1 atom stereocenters. The number of aromatic nitrogens is 4. The quantitative estimate of drug-likeness (QED) is 0.621. The van der Waals surface area contributed by atoms with Crippen molar-refractivity contribution in [2.45, 2.75) is 31.7 Å². The van der Waals surface area contributed by atoms with Gasteiger partial charge in [0.2, 0.25) is 5.91 Å². The molecule has 5 heterocycles. The average Bonchev–Trinajstić information content (AvgIpc) is 3.49. The van der Waals surface area contributed by atoms with Crippen molar-refractivity contribution in [3.8, 4) is 17.0 Å². The zero-order valence-corrected chi connectivity index (χ0v) is 19.2. The Balaban J connectivity index is 1.21. The second kappa shape index (κ2) is 7.85. The van der Waals surface area contributed by atoms with Crippen molar-refractivity contribution >= 4 is 17.2 Å². The molecule has 3 aromatic heterocycles. The fourth-order valence-electron chi connectivity index (χ4n) is 5.44. The largest absolute Gasteiger partial charge is 0.488 e. The molecule has 9 heteroatoms. The summed E-state index contributed by atoms with van der Waals surface area (Å²) < 4.78 is 15.6. The summed E-state index contributed by atoms with van der Waals surface area (Å²) in [6.45, 7) is 3.44. The Bertz CT molecular complexity index is 1180.